The summed E-state index contributed by atoms with van der Waals surface area (Å²) in [7, 11) is 0. The topological polar surface area (TPSA) is 0 Å². The molecule has 0 N–H and O–H groups in total. The second kappa shape index (κ2) is 6.32. The fourth-order valence-electron chi connectivity index (χ4n) is 2.59. The first-order chi connectivity index (χ1) is 9.86. The monoisotopic (exact) mass is 423 g/mol. The summed E-state index contributed by atoms with van der Waals surface area (Å²) in [6, 6.07) is 30.4. The van der Waals surface area contributed by atoms with Crippen LogP contribution >= 0.6 is 0 Å². The van der Waals surface area contributed by atoms with Gasteiger partial charge in [0, 0.05) is 0 Å². The normalized spacial score (nSPS) is 10.6. The van der Waals surface area contributed by atoms with Crippen molar-refractivity contribution in [3.05, 3.63) is 102 Å². The van der Waals surface area contributed by atoms with Crippen molar-refractivity contribution in [2.45, 2.75) is 5.92 Å². The minimum atomic E-state index is 0.339. The quantitative estimate of drug-likeness (QED) is 0.442. The number of hydrogen-bond donors (Lipinski definition) is 0. The molecule has 0 fully saturated rings. The van der Waals surface area contributed by atoms with Gasteiger partial charge in [-0.2, -0.15) is 0 Å². The van der Waals surface area contributed by atoms with Crippen molar-refractivity contribution in [2.24, 2.45) is 0 Å². The molecule has 0 nitrogen and oxygen atoms in total. The average molecular weight is 422 g/mol. The number of benzene rings is 3. The summed E-state index contributed by atoms with van der Waals surface area (Å²) < 4.78 is 1.48. The van der Waals surface area contributed by atoms with Crippen LogP contribution in [0.1, 0.15) is 22.6 Å². The fraction of sp³-hybridized carbons (Fsp3) is 0.0526. The van der Waals surface area contributed by atoms with Gasteiger partial charge in [-0.15, -0.1) is 0 Å². The molecule has 0 saturated heterocycles. The Morgan fingerprint density at radius 3 is 1.50 bits per heavy atom. The van der Waals surface area contributed by atoms with E-state index in [1.807, 2.05) is 0 Å². The average Bonchev–Trinajstić information content (AvgIpc) is 2.52. The van der Waals surface area contributed by atoms with Gasteiger partial charge in [-0.05, 0) is 0 Å². The van der Waals surface area contributed by atoms with Crippen LogP contribution in [-0.2, 0) is 24.4 Å². The molecule has 0 radical (unpaired) electrons. The zero-order valence-corrected chi connectivity index (χ0v) is 14.8. The fourth-order valence-corrected chi connectivity index (χ4v) is 3.75. The van der Waals surface area contributed by atoms with Gasteiger partial charge in [-0.3, -0.25) is 0 Å². The molecule has 95 valence electrons. The van der Waals surface area contributed by atoms with E-state index in [0.717, 1.165) is 24.4 Å². The molecule has 3 aromatic rings. The van der Waals surface area contributed by atoms with Gasteiger partial charge in [0.15, 0.2) is 0 Å². The summed E-state index contributed by atoms with van der Waals surface area (Å²) in [6.45, 7) is 0. The van der Waals surface area contributed by atoms with E-state index in [2.05, 4.69) is 84.9 Å². The van der Waals surface area contributed by atoms with E-state index in [1.54, 1.807) is 0 Å². The summed E-state index contributed by atoms with van der Waals surface area (Å²) in [6.07, 6.45) is 0. The van der Waals surface area contributed by atoms with Crippen molar-refractivity contribution in [2.75, 3.05) is 0 Å². The van der Waals surface area contributed by atoms with Crippen LogP contribution in [0.5, 0.6) is 0 Å². The van der Waals surface area contributed by atoms with Crippen LogP contribution in [-0.4, -0.2) is 0 Å². The molecular formula is C19H15Hf. The molecule has 1 heteroatoms. The molecule has 0 aliphatic carbocycles. The van der Waals surface area contributed by atoms with Crippen LogP contribution in [0.3, 0.4) is 0 Å². The first-order valence-corrected chi connectivity index (χ1v) is 8.56. The van der Waals surface area contributed by atoms with Crippen LogP contribution in [0.2, 0.25) is 0 Å². The summed E-state index contributed by atoms with van der Waals surface area (Å²) in [4.78, 5) is 0. The van der Waals surface area contributed by atoms with E-state index >= 15 is 0 Å². The summed E-state index contributed by atoms with van der Waals surface area (Å²) in [5, 5.41) is 0. The molecule has 0 atom stereocenters. The molecule has 0 spiro atoms. The third kappa shape index (κ3) is 2.83. The van der Waals surface area contributed by atoms with Crippen LogP contribution < -0.4 is 3.32 Å². The number of rotatable bonds is 3. The number of hydrogen-bond acceptors (Lipinski definition) is 0. The van der Waals surface area contributed by atoms with Crippen molar-refractivity contribution in [3.8, 4) is 0 Å². The Morgan fingerprint density at radius 1 is 0.550 bits per heavy atom. The summed E-state index contributed by atoms with van der Waals surface area (Å²) >= 11 is 1.08. The van der Waals surface area contributed by atoms with Gasteiger partial charge >= 0.3 is 135 Å². The van der Waals surface area contributed by atoms with Crippen molar-refractivity contribution in [1.29, 1.82) is 0 Å². The molecule has 3 rings (SSSR count). The third-order valence-corrected chi connectivity index (χ3v) is 5.17. The van der Waals surface area contributed by atoms with Gasteiger partial charge in [0.25, 0.3) is 0 Å². The van der Waals surface area contributed by atoms with Crippen molar-refractivity contribution < 1.29 is 24.4 Å². The molecule has 0 saturated carbocycles. The first-order valence-electron chi connectivity index (χ1n) is 6.76. The van der Waals surface area contributed by atoms with Gasteiger partial charge in [0.1, 0.15) is 0 Å². The molecule has 0 aliphatic rings. The zero-order valence-electron chi connectivity index (χ0n) is 11.2. The Hall–Kier alpha value is -1.47. The van der Waals surface area contributed by atoms with E-state index in [-0.39, 0.29) is 0 Å². The Kier molecular flexibility index (Phi) is 4.27. The molecule has 20 heavy (non-hydrogen) atoms. The van der Waals surface area contributed by atoms with Crippen LogP contribution in [0.25, 0.3) is 0 Å². The van der Waals surface area contributed by atoms with Crippen LogP contribution in [0.4, 0.5) is 0 Å². The second-order valence-corrected chi connectivity index (χ2v) is 6.78. The van der Waals surface area contributed by atoms with Crippen LogP contribution in [0.15, 0.2) is 84.9 Å². The van der Waals surface area contributed by atoms with Crippen LogP contribution in [0, 0.1) is 0 Å². The van der Waals surface area contributed by atoms with E-state index in [9.17, 15) is 0 Å². The Balaban J connectivity index is 2.17. The predicted molar refractivity (Wildman–Crippen MR) is 79.9 cm³/mol. The Morgan fingerprint density at radius 2 is 1.00 bits per heavy atom. The Bertz CT molecular complexity index is 635. The Labute approximate surface area is 135 Å². The third-order valence-electron chi connectivity index (χ3n) is 3.54. The summed E-state index contributed by atoms with van der Waals surface area (Å²) in [5.41, 5.74) is 4.17. The van der Waals surface area contributed by atoms with Gasteiger partial charge in [-0.25, -0.2) is 0 Å². The maximum atomic E-state index is 2.27. The van der Waals surface area contributed by atoms with E-state index in [4.69, 9.17) is 0 Å². The van der Waals surface area contributed by atoms with Crippen molar-refractivity contribution >= 4 is 3.32 Å². The van der Waals surface area contributed by atoms with E-state index in [0.29, 0.717) is 5.92 Å². The molecule has 0 heterocycles. The van der Waals surface area contributed by atoms with Gasteiger partial charge < -0.3 is 0 Å². The minimum absolute atomic E-state index is 0.339. The zero-order chi connectivity index (χ0) is 13.8. The van der Waals surface area contributed by atoms with E-state index < -0.39 is 0 Å². The second-order valence-electron chi connectivity index (χ2n) is 4.84. The van der Waals surface area contributed by atoms with Gasteiger partial charge in [-0.1, -0.05) is 0 Å². The summed E-state index contributed by atoms with van der Waals surface area (Å²) in [5.74, 6) is 0.339. The maximum absolute atomic E-state index is 2.27. The van der Waals surface area contributed by atoms with Gasteiger partial charge in [0.2, 0.25) is 0 Å². The predicted octanol–water partition coefficient (Wildman–Crippen LogP) is 4.04. The van der Waals surface area contributed by atoms with E-state index in [1.165, 1.54) is 20.0 Å². The van der Waals surface area contributed by atoms with Gasteiger partial charge in [0.05, 0.1) is 0 Å². The SMILES string of the molecule is [Hf][c]1ccccc1C(c1ccccc1)c1ccccc1. The molecular weight excluding hydrogens is 407 g/mol. The molecule has 0 aliphatic heterocycles. The molecule has 0 aromatic heterocycles. The molecule has 0 bridgehead atoms. The first kappa shape index (κ1) is 13.5. The molecule has 3 aromatic carbocycles. The molecule has 0 amide bonds. The van der Waals surface area contributed by atoms with Crippen molar-refractivity contribution in [1.82, 2.24) is 0 Å². The van der Waals surface area contributed by atoms with Crippen molar-refractivity contribution in [3.63, 3.8) is 0 Å². The molecule has 0 unspecified atom stereocenters. The standard InChI is InChI=1S/C19H15.Hf/c1-4-10-16(11-5-1)19(17-12-6-2-7-13-17)18-14-8-3-9-15-18;/h1-14,19H;.